The van der Waals surface area contributed by atoms with Crippen LogP contribution in [0.4, 0.5) is 22.2 Å². The van der Waals surface area contributed by atoms with Crippen LogP contribution in [0.5, 0.6) is 0 Å². The lowest BCUT2D eigenvalue weighted by atomic mass is 10.1. The molecule has 210 valence electrons. The van der Waals surface area contributed by atoms with Gasteiger partial charge in [-0.1, -0.05) is 19.2 Å². The molecule has 0 spiro atoms. The molecule has 5 rings (SSSR count). The Morgan fingerprint density at radius 2 is 1.85 bits per heavy atom. The van der Waals surface area contributed by atoms with Gasteiger partial charge in [0.05, 0.1) is 48.2 Å². The number of primary amides is 1. The maximum absolute atomic E-state index is 12.7. The summed E-state index contributed by atoms with van der Waals surface area (Å²) in [6.07, 6.45) is 6.63. The topological polar surface area (TPSA) is 139 Å². The van der Waals surface area contributed by atoms with Gasteiger partial charge in [0, 0.05) is 38.4 Å². The molecule has 13 heteroatoms. The minimum absolute atomic E-state index is 0.0507. The van der Waals surface area contributed by atoms with Crippen molar-refractivity contribution in [1.82, 2.24) is 19.9 Å². The molecule has 1 fully saturated rings. The van der Waals surface area contributed by atoms with Gasteiger partial charge in [0.2, 0.25) is 5.95 Å². The third kappa shape index (κ3) is 6.40. The molecule has 2 aromatic rings. The fourth-order valence-electron chi connectivity index (χ4n) is 5.09. The molecule has 5 heterocycles. The number of ether oxygens (including phenoxy) is 1. The number of carbonyl (C=O) groups is 1. The van der Waals surface area contributed by atoms with Gasteiger partial charge in [0.15, 0.2) is 5.82 Å². The number of carbonyl (C=O) groups excluding carboxylic acids is 1. The number of aryl methyl sites for hydroxylation is 1. The molecule has 3 aliphatic heterocycles. The van der Waals surface area contributed by atoms with Crippen molar-refractivity contribution in [2.24, 2.45) is 5.73 Å². The number of nitrogens with zero attached hydrogens (tertiary/aromatic N) is 6. The highest BCUT2D eigenvalue weighted by molar-refractivity contribution is 7.85. The van der Waals surface area contributed by atoms with Gasteiger partial charge < -0.3 is 25.6 Å². The van der Waals surface area contributed by atoms with Gasteiger partial charge in [-0.05, 0) is 37.9 Å². The molecule has 0 bridgehead atoms. The number of aromatic nitrogens is 4. The number of nitrogens with one attached hydrogen (secondary N) is 1. The lowest BCUT2D eigenvalue weighted by molar-refractivity contribution is 0.138. The van der Waals surface area contributed by atoms with Gasteiger partial charge >= 0.3 is 6.09 Å². The van der Waals surface area contributed by atoms with Gasteiger partial charge in [-0.2, -0.15) is 4.98 Å². The first-order valence-electron chi connectivity index (χ1n) is 13.5. The zero-order chi connectivity index (χ0) is 27.8. The standard InChI is InChI=1S/C26H38N8O3SSi/c1-26(2,17-37-24(27)35)32-23-21-20(7-12-38(21)36)30-25(31-23)34-8-5-18(6-9-34)22-28-15-19(16-29-22)33-10-13-39(3,4)14-11-33/h5,15-16H,6-14,17H2,1-4H3,(H2,27,35)(H,30,31,32)/t38-/m1/s1. The molecule has 1 saturated heterocycles. The number of nitrogens with two attached hydrogens (primary N) is 1. The number of fused-ring (bicyclic) bond motifs is 1. The molecule has 2 aromatic heterocycles. The van der Waals surface area contributed by atoms with E-state index < -0.39 is 30.5 Å². The lowest BCUT2D eigenvalue weighted by Crippen LogP contribution is -2.42. The second kappa shape index (κ2) is 10.8. The van der Waals surface area contributed by atoms with E-state index in [1.54, 1.807) is 0 Å². The van der Waals surface area contributed by atoms with Crippen LogP contribution in [0.25, 0.3) is 5.57 Å². The highest BCUT2D eigenvalue weighted by atomic mass is 32.2. The predicted molar refractivity (Wildman–Crippen MR) is 156 cm³/mol. The monoisotopic (exact) mass is 570 g/mol. The van der Waals surface area contributed by atoms with Crippen molar-refractivity contribution in [2.45, 2.75) is 62.3 Å². The number of rotatable bonds is 7. The minimum Gasteiger partial charge on any atom is -0.447 e. The first-order chi connectivity index (χ1) is 18.5. The molecule has 1 amide bonds. The SMILES string of the molecule is CC(C)(COC(N)=O)Nc1nc(N2CC=C(c3ncc(N4CC[Si](C)(C)CC4)cn3)CC2)nc2c1[S@](=O)CC2. The summed E-state index contributed by atoms with van der Waals surface area (Å²) in [4.78, 5) is 35.2. The summed E-state index contributed by atoms with van der Waals surface area (Å²) < 4.78 is 17.7. The summed E-state index contributed by atoms with van der Waals surface area (Å²) in [5.41, 5.74) is 7.51. The zero-order valence-electron chi connectivity index (χ0n) is 23.2. The van der Waals surface area contributed by atoms with Crippen LogP contribution in [0.1, 0.15) is 31.8 Å². The molecule has 39 heavy (non-hydrogen) atoms. The van der Waals surface area contributed by atoms with E-state index in [-0.39, 0.29) is 6.61 Å². The van der Waals surface area contributed by atoms with Gasteiger partial charge in [-0.15, -0.1) is 0 Å². The van der Waals surface area contributed by atoms with Crippen molar-refractivity contribution in [1.29, 1.82) is 0 Å². The maximum Gasteiger partial charge on any atom is 0.404 e. The van der Waals surface area contributed by atoms with Crippen molar-refractivity contribution < 1.29 is 13.7 Å². The van der Waals surface area contributed by atoms with Gasteiger partial charge in [-0.3, -0.25) is 4.21 Å². The first kappa shape index (κ1) is 27.5. The Hall–Kier alpha value is -3.06. The summed E-state index contributed by atoms with van der Waals surface area (Å²) in [7, 11) is -2.20. The number of hydrogen-bond acceptors (Lipinski definition) is 10. The van der Waals surface area contributed by atoms with Crippen molar-refractivity contribution >= 4 is 48.0 Å². The summed E-state index contributed by atoms with van der Waals surface area (Å²) >= 11 is 0. The molecule has 1 atom stereocenters. The summed E-state index contributed by atoms with van der Waals surface area (Å²) in [5, 5.41) is 3.31. The van der Waals surface area contributed by atoms with Gasteiger partial charge in [-0.25, -0.2) is 19.7 Å². The van der Waals surface area contributed by atoms with Crippen LogP contribution in [0, 0.1) is 0 Å². The van der Waals surface area contributed by atoms with Crippen LogP contribution in [0.2, 0.25) is 25.2 Å². The average molecular weight is 571 g/mol. The fourth-order valence-corrected chi connectivity index (χ4v) is 8.40. The van der Waals surface area contributed by atoms with Gasteiger partial charge in [0.1, 0.15) is 17.3 Å². The van der Waals surface area contributed by atoms with E-state index in [0.717, 1.165) is 48.8 Å². The molecular weight excluding hydrogens is 532 g/mol. The summed E-state index contributed by atoms with van der Waals surface area (Å²) in [6, 6.07) is 2.62. The van der Waals surface area contributed by atoms with E-state index in [1.807, 2.05) is 26.2 Å². The Balaban J connectivity index is 1.29. The third-order valence-electron chi connectivity index (χ3n) is 7.61. The Labute approximate surface area is 233 Å². The molecular formula is C26H38N8O3SSi. The molecule has 0 unspecified atom stereocenters. The second-order valence-electron chi connectivity index (χ2n) is 11.9. The maximum atomic E-state index is 12.7. The number of anilines is 3. The van der Waals surface area contributed by atoms with E-state index in [2.05, 4.69) is 34.3 Å². The van der Waals surface area contributed by atoms with E-state index in [9.17, 15) is 9.00 Å². The van der Waals surface area contributed by atoms with Crippen molar-refractivity contribution in [3.8, 4) is 0 Å². The molecule has 0 aliphatic carbocycles. The summed E-state index contributed by atoms with van der Waals surface area (Å²) in [5.74, 6) is 2.40. The molecule has 0 saturated carbocycles. The van der Waals surface area contributed by atoms with Crippen LogP contribution in [0.15, 0.2) is 23.4 Å². The highest BCUT2D eigenvalue weighted by Crippen LogP contribution is 2.33. The normalized spacial score (nSPS) is 20.8. The number of amides is 1. The second-order valence-corrected chi connectivity index (χ2v) is 18.7. The largest absolute Gasteiger partial charge is 0.447 e. The average Bonchev–Trinajstić information content (AvgIpc) is 3.28. The fraction of sp³-hybridized carbons (Fsp3) is 0.577. The molecule has 3 N–H and O–H groups in total. The number of hydrogen-bond donors (Lipinski definition) is 2. The Kier molecular flexibility index (Phi) is 7.64. The van der Waals surface area contributed by atoms with Crippen LogP contribution < -0.4 is 20.9 Å². The van der Waals surface area contributed by atoms with E-state index in [0.29, 0.717) is 35.4 Å². The van der Waals surface area contributed by atoms with E-state index >= 15 is 0 Å². The molecule has 0 aromatic carbocycles. The summed E-state index contributed by atoms with van der Waals surface area (Å²) in [6.45, 7) is 12.3. The minimum atomic E-state index is -1.18. The zero-order valence-corrected chi connectivity index (χ0v) is 25.0. The van der Waals surface area contributed by atoms with Gasteiger partial charge in [0.25, 0.3) is 0 Å². The lowest BCUT2D eigenvalue weighted by Gasteiger charge is -2.36. The Morgan fingerprint density at radius 1 is 1.13 bits per heavy atom. The smallest absolute Gasteiger partial charge is 0.404 e. The molecule has 11 nitrogen and oxygen atoms in total. The molecule has 0 radical (unpaired) electrons. The van der Waals surface area contributed by atoms with Crippen LogP contribution in [0.3, 0.4) is 0 Å². The first-order valence-corrected chi connectivity index (χ1v) is 18.2. The van der Waals surface area contributed by atoms with Crippen LogP contribution in [-0.2, 0) is 22.0 Å². The van der Waals surface area contributed by atoms with E-state index in [1.165, 1.54) is 12.1 Å². The Bertz CT molecular complexity index is 1290. The Morgan fingerprint density at radius 3 is 2.49 bits per heavy atom. The third-order valence-corrected chi connectivity index (χ3v) is 12.2. The highest BCUT2D eigenvalue weighted by Gasteiger charge is 2.31. The molecule has 3 aliphatic rings. The quantitative estimate of drug-likeness (QED) is 0.478. The van der Waals surface area contributed by atoms with Crippen LogP contribution in [-0.4, -0.2) is 82.4 Å². The van der Waals surface area contributed by atoms with E-state index in [4.69, 9.17) is 30.4 Å². The van der Waals surface area contributed by atoms with Crippen LogP contribution >= 0.6 is 0 Å². The predicted octanol–water partition coefficient (Wildman–Crippen LogP) is 3.04. The van der Waals surface area contributed by atoms with Crippen molar-refractivity contribution in [2.75, 3.05) is 53.7 Å². The van der Waals surface area contributed by atoms with Crippen molar-refractivity contribution in [3.05, 3.63) is 30.0 Å². The van der Waals surface area contributed by atoms with Crippen molar-refractivity contribution in [3.63, 3.8) is 0 Å².